The molecule has 0 unspecified atom stereocenters. The number of hydrogen-bond donors (Lipinski definition) is 1. The highest BCUT2D eigenvalue weighted by atomic mass is 35.5. The van der Waals surface area contributed by atoms with Crippen LogP contribution in [0.25, 0.3) is 11.4 Å². The van der Waals surface area contributed by atoms with Gasteiger partial charge in [-0.1, -0.05) is 17.7 Å². The van der Waals surface area contributed by atoms with Crippen LogP contribution in [0.3, 0.4) is 0 Å². The molecule has 1 N–H and O–H groups in total. The second kappa shape index (κ2) is 7.73. The Kier molecular flexibility index (Phi) is 5.12. The highest BCUT2D eigenvalue weighted by Crippen LogP contribution is 2.23. The van der Waals surface area contributed by atoms with Gasteiger partial charge < -0.3 is 4.98 Å². The predicted molar refractivity (Wildman–Crippen MR) is 106 cm³/mol. The third-order valence-corrected chi connectivity index (χ3v) is 5.13. The van der Waals surface area contributed by atoms with E-state index < -0.39 is 16.4 Å². The van der Waals surface area contributed by atoms with Gasteiger partial charge in [0.15, 0.2) is 0 Å². The van der Waals surface area contributed by atoms with Crippen LogP contribution in [-0.4, -0.2) is 26.3 Å². The molecule has 29 heavy (non-hydrogen) atoms. The Balaban J connectivity index is 1.56. The van der Waals surface area contributed by atoms with Gasteiger partial charge in [0.2, 0.25) is 5.82 Å². The van der Waals surface area contributed by atoms with Crippen LogP contribution in [0.5, 0.6) is 0 Å². The van der Waals surface area contributed by atoms with E-state index in [1.807, 2.05) is 4.90 Å². The number of hydrogen-bond acceptors (Lipinski definition) is 5. The minimum Gasteiger partial charge on any atom is -0.306 e. The van der Waals surface area contributed by atoms with E-state index in [0.29, 0.717) is 48.0 Å². The molecule has 0 saturated heterocycles. The Bertz CT molecular complexity index is 1150. The standard InChI is InChI=1S/C20H16ClFN4O3/c21-14-4-2-13(3-5-14)19-23-17-7-8-25(11-15(17)20(27)24-19)10-12-1-6-16(22)18(9-12)26(28)29/h1-6,9H,7-8,10-11H2,(H,23,24,27). The number of nitro groups is 1. The van der Waals surface area contributed by atoms with E-state index in [9.17, 15) is 19.3 Å². The van der Waals surface area contributed by atoms with Crippen molar-refractivity contribution in [1.82, 2.24) is 14.9 Å². The summed E-state index contributed by atoms with van der Waals surface area (Å²) in [6.07, 6.45) is 0.573. The number of rotatable bonds is 4. The van der Waals surface area contributed by atoms with E-state index in [4.69, 9.17) is 11.6 Å². The molecule has 1 aromatic heterocycles. The number of aromatic amines is 1. The van der Waals surface area contributed by atoms with Crippen molar-refractivity contribution in [2.75, 3.05) is 6.54 Å². The third kappa shape index (κ3) is 4.03. The Morgan fingerprint density at radius 2 is 2.00 bits per heavy atom. The number of fused-ring (bicyclic) bond motifs is 1. The maximum atomic E-state index is 13.5. The maximum Gasteiger partial charge on any atom is 0.305 e. The van der Waals surface area contributed by atoms with Crippen molar-refractivity contribution in [3.63, 3.8) is 0 Å². The monoisotopic (exact) mass is 414 g/mol. The summed E-state index contributed by atoms with van der Waals surface area (Å²) < 4.78 is 13.5. The summed E-state index contributed by atoms with van der Waals surface area (Å²) in [6, 6.07) is 10.9. The highest BCUT2D eigenvalue weighted by molar-refractivity contribution is 6.30. The van der Waals surface area contributed by atoms with Crippen molar-refractivity contribution >= 4 is 17.3 Å². The lowest BCUT2D eigenvalue weighted by atomic mass is 10.1. The van der Waals surface area contributed by atoms with Gasteiger partial charge in [0.05, 0.1) is 16.2 Å². The molecule has 0 atom stereocenters. The van der Waals surface area contributed by atoms with Gasteiger partial charge in [-0.15, -0.1) is 0 Å². The van der Waals surface area contributed by atoms with Gasteiger partial charge in [0.25, 0.3) is 5.56 Å². The first-order chi connectivity index (χ1) is 13.9. The number of halogens is 2. The summed E-state index contributed by atoms with van der Waals surface area (Å²) in [4.78, 5) is 32.2. The molecule has 4 rings (SSSR count). The second-order valence-electron chi connectivity index (χ2n) is 6.85. The molecule has 148 valence electrons. The molecule has 9 heteroatoms. The minimum absolute atomic E-state index is 0.213. The second-order valence-corrected chi connectivity index (χ2v) is 7.29. The molecule has 0 aliphatic carbocycles. The first-order valence-corrected chi connectivity index (χ1v) is 9.31. The molecule has 3 aromatic rings. The number of nitro benzene ring substituents is 1. The van der Waals surface area contributed by atoms with Crippen LogP contribution < -0.4 is 5.56 Å². The van der Waals surface area contributed by atoms with Crippen LogP contribution in [0.15, 0.2) is 47.3 Å². The van der Waals surface area contributed by atoms with Gasteiger partial charge in [0.1, 0.15) is 5.82 Å². The van der Waals surface area contributed by atoms with Crippen LogP contribution in [-0.2, 0) is 19.5 Å². The first kappa shape index (κ1) is 19.2. The number of nitrogens with zero attached hydrogens (tertiary/aromatic N) is 3. The van der Waals surface area contributed by atoms with Crippen molar-refractivity contribution in [2.45, 2.75) is 19.5 Å². The smallest absolute Gasteiger partial charge is 0.305 e. The summed E-state index contributed by atoms with van der Waals surface area (Å²) in [5, 5.41) is 11.5. The Labute approximate surface area is 169 Å². The topological polar surface area (TPSA) is 92.1 Å². The number of H-pyrrole nitrogens is 1. The third-order valence-electron chi connectivity index (χ3n) is 4.88. The molecule has 1 aliphatic rings. The lowest BCUT2D eigenvalue weighted by Crippen LogP contribution is -2.35. The highest BCUT2D eigenvalue weighted by Gasteiger charge is 2.23. The fraction of sp³-hybridized carbons (Fsp3) is 0.200. The quantitative estimate of drug-likeness (QED) is 0.519. The summed E-state index contributed by atoms with van der Waals surface area (Å²) in [5.74, 6) is -0.369. The van der Waals surface area contributed by atoms with Gasteiger partial charge in [-0.2, -0.15) is 4.39 Å². The van der Waals surface area contributed by atoms with Gasteiger partial charge in [-0.25, -0.2) is 4.98 Å². The fourth-order valence-electron chi connectivity index (χ4n) is 3.42. The Morgan fingerprint density at radius 1 is 1.24 bits per heavy atom. The molecule has 1 aliphatic heterocycles. The van der Waals surface area contributed by atoms with Gasteiger partial charge in [0, 0.05) is 42.7 Å². The summed E-state index contributed by atoms with van der Waals surface area (Å²) in [5.41, 5.74) is 1.94. The van der Waals surface area contributed by atoms with Crippen LogP contribution in [0.2, 0.25) is 5.02 Å². The molecular formula is C20H16ClFN4O3. The molecule has 2 aromatic carbocycles. The number of benzene rings is 2. The van der Waals surface area contributed by atoms with E-state index >= 15 is 0 Å². The van der Waals surface area contributed by atoms with Crippen molar-refractivity contribution in [2.24, 2.45) is 0 Å². The fourth-order valence-corrected chi connectivity index (χ4v) is 3.54. The van der Waals surface area contributed by atoms with Gasteiger partial charge in [-0.3, -0.25) is 19.8 Å². The SMILES string of the molecule is O=c1[nH]c(-c2ccc(Cl)cc2)nc2c1CN(Cc1ccc(F)c([N+](=O)[O-])c1)CC2. The van der Waals surface area contributed by atoms with Gasteiger partial charge in [-0.05, 0) is 35.9 Å². The van der Waals surface area contributed by atoms with Gasteiger partial charge >= 0.3 is 5.69 Å². The molecule has 0 spiro atoms. The Hall–Kier alpha value is -3.10. The molecule has 0 bridgehead atoms. The molecule has 0 radical (unpaired) electrons. The largest absolute Gasteiger partial charge is 0.306 e. The summed E-state index contributed by atoms with van der Waals surface area (Å²) in [6.45, 7) is 1.37. The maximum absolute atomic E-state index is 13.5. The van der Waals surface area contributed by atoms with Crippen LogP contribution in [0.1, 0.15) is 16.8 Å². The zero-order valence-corrected chi connectivity index (χ0v) is 15.9. The molecular weight excluding hydrogens is 399 g/mol. The average molecular weight is 415 g/mol. The molecule has 2 heterocycles. The minimum atomic E-state index is -0.863. The van der Waals surface area contributed by atoms with Crippen molar-refractivity contribution < 1.29 is 9.31 Å². The van der Waals surface area contributed by atoms with E-state index in [1.54, 1.807) is 24.3 Å². The average Bonchev–Trinajstić information content (AvgIpc) is 2.70. The molecule has 0 fully saturated rings. The van der Waals surface area contributed by atoms with Crippen LogP contribution in [0, 0.1) is 15.9 Å². The van der Waals surface area contributed by atoms with Crippen molar-refractivity contribution in [3.05, 3.63) is 90.6 Å². The number of aromatic nitrogens is 2. The molecule has 7 nitrogen and oxygen atoms in total. The Morgan fingerprint density at radius 3 is 2.72 bits per heavy atom. The summed E-state index contributed by atoms with van der Waals surface area (Å²) >= 11 is 5.91. The van der Waals surface area contributed by atoms with Crippen molar-refractivity contribution in [3.8, 4) is 11.4 Å². The molecule has 0 saturated carbocycles. The summed E-state index contributed by atoms with van der Waals surface area (Å²) in [7, 11) is 0. The van der Waals surface area contributed by atoms with E-state index in [1.165, 1.54) is 12.1 Å². The lowest BCUT2D eigenvalue weighted by Gasteiger charge is -2.27. The van der Waals surface area contributed by atoms with E-state index in [-0.39, 0.29) is 5.56 Å². The zero-order chi connectivity index (χ0) is 20.5. The van der Waals surface area contributed by atoms with Crippen LogP contribution in [0.4, 0.5) is 10.1 Å². The predicted octanol–water partition coefficient (Wildman–Crippen LogP) is 3.70. The van der Waals surface area contributed by atoms with E-state index in [2.05, 4.69) is 9.97 Å². The molecule has 0 amide bonds. The van der Waals surface area contributed by atoms with Crippen LogP contribution >= 0.6 is 11.6 Å². The zero-order valence-electron chi connectivity index (χ0n) is 15.2. The number of nitrogens with one attached hydrogen (secondary N) is 1. The van der Waals surface area contributed by atoms with Crippen molar-refractivity contribution in [1.29, 1.82) is 0 Å². The van der Waals surface area contributed by atoms with E-state index in [0.717, 1.165) is 17.3 Å². The normalized spacial score (nSPS) is 13.9. The first-order valence-electron chi connectivity index (χ1n) is 8.94. The lowest BCUT2D eigenvalue weighted by molar-refractivity contribution is -0.387.